The van der Waals surface area contributed by atoms with Crippen LogP contribution in [0.25, 0.3) is 0 Å². The van der Waals surface area contributed by atoms with Crippen molar-refractivity contribution in [1.82, 2.24) is 0 Å². The van der Waals surface area contributed by atoms with E-state index in [0.717, 1.165) is 29.5 Å². The van der Waals surface area contributed by atoms with E-state index < -0.39 is 0 Å². The molecule has 4 heteroatoms. The first-order valence-corrected chi connectivity index (χ1v) is 7.09. The van der Waals surface area contributed by atoms with Gasteiger partial charge in [-0.3, -0.25) is 0 Å². The monoisotopic (exact) mass is 284 g/mol. The number of isocyanates is 2. The van der Waals surface area contributed by atoms with Gasteiger partial charge < -0.3 is 0 Å². The standard InChI is InChI=1S/C17H20N2O2/c1-16(2,3)14-11-6-7-17(4,5)15(11)13(19-10-21)8-12(14)18-9-20/h8H,6-7H2,1-5H3. The summed E-state index contributed by atoms with van der Waals surface area (Å²) in [6.07, 6.45) is 5.11. The van der Waals surface area contributed by atoms with Gasteiger partial charge in [-0.25, -0.2) is 9.59 Å². The molecule has 1 aliphatic rings. The van der Waals surface area contributed by atoms with Crippen molar-refractivity contribution in [2.75, 3.05) is 0 Å². The fourth-order valence-corrected chi connectivity index (χ4v) is 3.39. The minimum Gasteiger partial charge on any atom is -0.211 e. The lowest BCUT2D eigenvalue weighted by molar-refractivity contribution is 0.523. The van der Waals surface area contributed by atoms with E-state index in [0.29, 0.717) is 11.4 Å². The third-order valence-electron chi connectivity index (χ3n) is 4.15. The first-order chi connectivity index (χ1) is 9.72. The third-order valence-corrected chi connectivity index (χ3v) is 4.15. The quantitative estimate of drug-likeness (QED) is 0.605. The maximum atomic E-state index is 10.8. The Morgan fingerprint density at radius 2 is 1.67 bits per heavy atom. The summed E-state index contributed by atoms with van der Waals surface area (Å²) in [6, 6.07) is 1.71. The Morgan fingerprint density at radius 1 is 1.10 bits per heavy atom. The molecule has 1 aromatic rings. The number of fused-ring (bicyclic) bond motifs is 1. The topological polar surface area (TPSA) is 58.9 Å². The van der Waals surface area contributed by atoms with Crippen LogP contribution in [0.2, 0.25) is 0 Å². The molecule has 0 unspecified atom stereocenters. The molecule has 0 N–H and O–H groups in total. The number of nitrogens with zero attached hydrogens (tertiary/aromatic N) is 2. The number of hydrogen-bond acceptors (Lipinski definition) is 4. The van der Waals surface area contributed by atoms with E-state index in [-0.39, 0.29) is 10.8 Å². The molecular formula is C17H20N2O2. The summed E-state index contributed by atoms with van der Waals surface area (Å²) in [4.78, 5) is 29.2. The molecule has 0 fully saturated rings. The van der Waals surface area contributed by atoms with Crippen molar-refractivity contribution in [3.8, 4) is 0 Å². The highest BCUT2D eigenvalue weighted by atomic mass is 16.1. The zero-order valence-corrected chi connectivity index (χ0v) is 13.2. The molecule has 0 heterocycles. The number of carbonyl (C=O) groups excluding carboxylic acids is 2. The molecule has 1 aromatic carbocycles. The van der Waals surface area contributed by atoms with Crippen LogP contribution in [0.4, 0.5) is 11.4 Å². The van der Waals surface area contributed by atoms with E-state index in [2.05, 4.69) is 44.6 Å². The first-order valence-electron chi connectivity index (χ1n) is 7.09. The number of benzene rings is 1. The van der Waals surface area contributed by atoms with Gasteiger partial charge in [-0.1, -0.05) is 34.6 Å². The summed E-state index contributed by atoms with van der Waals surface area (Å²) in [5, 5.41) is 0. The molecule has 2 rings (SSSR count). The van der Waals surface area contributed by atoms with Crippen LogP contribution in [0.1, 0.15) is 57.7 Å². The van der Waals surface area contributed by atoms with E-state index in [4.69, 9.17) is 0 Å². The van der Waals surface area contributed by atoms with E-state index in [1.54, 1.807) is 18.2 Å². The van der Waals surface area contributed by atoms with Crippen LogP contribution < -0.4 is 0 Å². The Labute approximate surface area is 125 Å². The lowest BCUT2D eigenvalue weighted by Gasteiger charge is -2.27. The number of hydrogen-bond donors (Lipinski definition) is 0. The Morgan fingerprint density at radius 3 is 2.19 bits per heavy atom. The predicted octanol–water partition coefficient (Wildman–Crippen LogP) is 4.14. The lowest BCUT2D eigenvalue weighted by atomic mass is 9.78. The SMILES string of the molecule is CC(C)(C)c1c(N=C=O)cc(N=C=O)c2c1CCC2(C)C. The average molecular weight is 284 g/mol. The minimum atomic E-state index is -0.149. The second-order valence-electron chi connectivity index (χ2n) is 7.18. The zero-order chi connectivity index (χ0) is 15.8. The molecule has 110 valence electrons. The van der Waals surface area contributed by atoms with E-state index in [1.165, 1.54) is 0 Å². The first kappa shape index (κ1) is 15.4. The highest BCUT2D eigenvalue weighted by molar-refractivity contribution is 5.72. The smallest absolute Gasteiger partial charge is 0.211 e. The molecule has 0 aliphatic heterocycles. The Balaban J connectivity index is 2.93. The molecule has 4 nitrogen and oxygen atoms in total. The molecule has 0 amide bonds. The molecule has 0 saturated carbocycles. The van der Waals surface area contributed by atoms with Crippen molar-refractivity contribution in [2.45, 2.75) is 58.3 Å². The zero-order valence-electron chi connectivity index (χ0n) is 13.2. The molecule has 21 heavy (non-hydrogen) atoms. The molecule has 0 saturated heterocycles. The number of aliphatic imine (C=N–C) groups is 2. The van der Waals surface area contributed by atoms with Crippen molar-refractivity contribution in [1.29, 1.82) is 0 Å². The van der Waals surface area contributed by atoms with Crippen molar-refractivity contribution in [3.63, 3.8) is 0 Å². The highest BCUT2D eigenvalue weighted by Gasteiger charge is 2.37. The van der Waals surface area contributed by atoms with Crippen molar-refractivity contribution in [2.24, 2.45) is 9.98 Å². The van der Waals surface area contributed by atoms with Gasteiger partial charge in [0.1, 0.15) is 0 Å². The molecule has 0 aromatic heterocycles. The van der Waals surface area contributed by atoms with Gasteiger partial charge in [0.05, 0.1) is 11.4 Å². The van der Waals surface area contributed by atoms with Gasteiger partial charge in [0.2, 0.25) is 12.2 Å². The van der Waals surface area contributed by atoms with Crippen LogP contribution >= 0.6 is 0 Å². The van der Waals surface area contributed by atoms with E-state index in [9.17, 15) is 9.59 Å². The Bertz CT molecular complexity index is 684. The fraction of sp³-hybridized carbons (Fsp3) is 0.529. The number of rotatable bonds is 2. The van der Waals surface area contributed by atoms with E-state index in [1.807, 2.05) is 0 Å². The van der Waals surface area contributed by atoms with Crippen LogP contribution in [-0.2, 0) is 26.8 Å². The van der Waals surface area contributed by atoms with Gasteiger partial charge in [0.15, 0.2) is 0 Å². The predicted molar refractivity (Wildman–Crippen MR) is 82.1 cm³/mol. The average Bonchev–Trinajstić information content (AvgIpc) is 2.65. The van der Waals surface area contributed by atoms with Crippen LogP contribution in [0.15, 0.2) is 16.1 Å². The Hall–Kier alpha value is -2.02. The summed E-state index contributed by atoms with van der Waals surface area (Å²) in [5.41, 5.74) is 4.24. The second kappa shape index (κ2) is 5.07. The minimum absolute atomic E-state index is 0.0472. The maximum Gasteiger partial charge on any atom is 0.240 e. The third kappa shape index (κ3) is 2.61. The fourth-order valence-electron chi connectivity index (χ4n) is 3.39. The van der Waals surface area contributed by atoms with Gasteiger partial charge in [-0.15, -0.1) is 0 Å². The van der Waals surface area contributed by atoms with Crippen molar-refractivity contribution in [3.05, 3.63) is 22.8 Å². The van der Waals surface area contributed by atoms with Crippen molar-refractivity contribution >= 4 is 23.5 Å². The molecule has 0 spiro atoms. The van der Waals surface area contributed by atoms with E-state index >= 15 is 0 Å². The maximum absolute atomic E-state index is 10.8. The van der Waals surface area contributed by atoms with Crippen LogP contribution in [0, 0.1) is 0 Å². The Kier molecular flexibility index (Phi) is 3.71. The molecule has 0 radical (unpaired) electrons. The summed E-state index contributed by atoms with van der Waals surface area (Å²) in [5.74, 6) is 0. The largest absolute Gasteiger partial charge is 0.240 e. The molecule has 1 aliphatic carbocycles. The van der Waals surface area contributed by atoms with Gasteiger partial charge in [0.25, 0.3) is 0 Å². The van der Waals surface area contributed by atoms with Crippen molar-refractivity contribution < 1.29 is 9.59 Å². The molecular weight excluding hydrogens is 264 g/mol. The summed E-state index contributed by atoms with van der Waals surface area (Å²) in [6.45, 7) is 10.6. The second-order valence-corrected chi connectivity index (χ2v) is 7.18. The van der Waals surface area contributed by atoms with Crippen LogP contribution in [0.5, 0.6) is 0 Å². The lowest BCUT2D eigenvalue weighted by Crippen LogP contribution is -2.17. The molecule has 0 bridgehead atoms. The van der Waals surface area contributed by atoms with Gasteiger partial charge >= 0.3 is 0 Å². The normalized spacial score (nSPS) is 15.9. The molecule has 0 atom stereocenters. The van der Waals surface area contributed by atoms with Gasteiger partial charge in [-0.2, -0.15) is 9.98 Å². The summed E-state index contributed by atoms with van der Waals surface area (Å²) in [7, 11) is 0. The summed E-state index contributed by atoms with van der Waals surface area (Å²) >= 11 is 0. The van der Waals surface area contributed by atoms with Gasteiger partial charge in [-0.05, 0) is 46.4 Å². The van der Waals surface area contributed by atoms with Crippen LogP contribution in [0.3, 0.4) is 0 Å². The van der Waals surface area contributed by atoms with Crippen LogP contribution in [-0.4, -0.2) is 12.2 Å². The van der Waals surface area contributed by atoms with Gasteiger partial charge in [0, 0.05) is 0 Å². The summed E-state index contributed by atoms with van der Waals surface area (Å²) < 4.78 is 0. The highest BCUT2D eigenvalue weighted by Crippen LogP contribution is 2.50.